The van der Waals surface area contributed by atoms with Gasteiger partial charge in [-0.15, -0.1) is 0 Å². The number of piperidine rings is 1. The molecule has 8 nitrogen and oxygen atoms in total. The van der Waals surface area contributed by atoms with E-state index in [9.17, 15) is 14.3 Å². The molecule has 1 saturated heterocycles. The molecule has 1 aromatic carbocycles. The van der Waals surface area contributed by atoms with E-state index in [-0.39, 0.29) is 23.1 Å². The number of benzene rings is 1. The highest BCUT2D eigenvalue weighted by Gasteiger charge is 2.30. The van der Waals surface area contributed by atoms with Gasteiger partial charge in [-0.1, -0.05) is 5.16 Å². The van der Waals surface area contributed by atoms with Gasteiger partial charge in [0.1, 0.15) is 5.56 Å². The molecule has 2 unspecified atom stereocenters. The normalized spacial score (nSPS) is 19.6. The first-order chi connectivity index (χ1) is 12.9. The summed E-state index contributed by atoms with van der Waals surface area (Å²) in [6, 6.07) is 3.81. The third-order valence-electron chi connectivity index (χ3n) is 4.50. The van der Waals surface area contributed by atoms with Crippen molar-refractivity contribution in [3.05, 3.63) is 29.6 Å². The SMILES string of the molecule is COc1cc(-c2onc(N(C)C)c2C(=O)NC2CCNCC2O)ccc1F. The molecule has 2 aromatic rings. The number of methoxy groups -OCH3 is 1. The second-order valence-electron chi connectivity index (χ2n) is 6.59. The Balaban J connectivity index is 1.98. The van der Waals surface area contributed by atoms with Crippen LogP contribution in [0.4, 0.5) is 10.2 Å². The molecule has 27 heavy (non-hydrogen) atoms. The van der Waals surface area contributed by atoms with E-state index < -0.39 is 17.8 Å². The van der Waals surface area contributed by atoms with Gasteiger partial charge in [-0.05, 0) is 31.2 Å². The van der Waals surface area contributed by atoms with Crippen molar-refractivity contribution in [2.24, 2.45) is 0 Å². The minimum atomic E-state index is -0.681. The van der Waals surface area contributed by atoms with E-state index >= 15 is 0 Å². The van der Waals surface area contributed by atoms with Gasteiger partial charge in [-0.25, -0.2) is 4.39 Å². The lowest BCUT2D eigenvalue weighted by molar-refractivity contribution is 0.0766. The number of halogens is 1. The van der Waals surface area contributed by atoms with Crippen LogP contribution >= 0.6 is 0 Å². The summed E-state index contributed by atoms with van der Waals surface area (Å²) >= 11 is 0. The number of rotatable bonds is 5. The molecule has 1 aliphatic rings. The largest absolute Gasteiger partial charge is 0.494 e. The number of nitrogens with one attached hydrogen (secondary N) is 2. The van der Waals surface area contributed by atoms with Gasteiger partial charge < -0.3 is 29.9 Å². The average Bonchev–Trinajstić information content (AvgIpc) is 3.09. The Bertz CT molecular complexity index is 824. The van der Waals surface area contributed by atoms with Gasteiger partial charge in [0.15, 0.2) is 23.1 Å². The monoisotopic (exact) mass is 378 g/mol. The molecule has 0 bridgehead atoms. The average molecular weight is 378 g/mol. The summed E-state index contributed by atoms with van der Waals surface area (Å²) in [5, 5.41) is 20.0. The third kappa shape index (κ3) is 3.88. The maximum atomic E-state index is 13.7. The van der Waals surface area contributed by atoms with Gasteiger partial charge in [0.2, 0.25) is 0 Å². The molecule has 0 spiro atoms. The van der Waals surface area contributed by atoms with E-state index in [4.69, 9.17) is 9.26 Å². The molecule has 9 heteroatoms. The first kappa shape index (κ1) is 19.1. The van der Waals surface area contributed by atoms with Crippen LogP contribution in [0.2, 0.25) is 0 Å². The van der Waals surface area contributed by atoms with Gasteiger partial charge in [0.25, 0.3) is 5.91 Å². The molecule has 0 radical (unpaired) electrons. The molecule has 0 saturated carbocycles. The van der Waals surface area contributed by atoms with Crippen molar-refractivity contribution in [1.29, 1.82) is 0 Å². The van der Waals surface area contributed by atoms with Crippen LogP contribution in [-0.4, -0.2) is 62.6 Å². The lowest BCUT2D eigenvalue weighted by Gasteiger charge is -2.29. The van der Waals surface area contributed by atoms with Crippen molar-refractivity contribution in [1.82, 2.24) is 15.8 Å². The van der Waals surface area contributed by atoms with Gasteiger partial charge in [-0.2, -0.15) is 0 Å². The van der Waals surface area contributed by atoms with Crippen LogP contribution in [0, 0.1) is 5.82 Å². The van der Waals surface area contributed by atoms with Crippen LogP contribution in [0.15, 0.2) is 22.7 Å². The van der Waals surface area contributed by atoms with E-state index in [1.165, 1.54) is 25.3 Å². The summed E-state index contributed by atoms with van der Waals surface area (Å²) < 4.78 is 24.2. The van der Waals surface area contributed by atoms with Gasteiger partial charge in [0, 0.05) is 26.2 Å². The Morgan fingerprint density at radius 2 is 2.26 bits per heavy atom. The number of ether oxygens (including phenoxy) is 1. The van der Waals surface area contributed by atoms with E-state index in [0.717, 1.165) is 0 Å². The zero-order chi connectivity index (χ0) is 19.6. The van der Waals surface area contributed by atoms with Crippen LogP contribution in [0.5, 0.6) is 5.75 Å². The lowest BCUT2D eigenvalue weighted by Crippen LogP contribution is -2.52. The highest BCUT2D eigenvalue weighted by Crippen LogP contribution is 2.33. The molecule has 2 heterocycles. The predicted molar refractivity (Wildman–Crippen MR) is 97.5 cm³/mol. The zero-order valence-electron chi connectivity index (χ0n) is 15.5. The Morgan fingerprint density at radius 1 is 1.48 bits per heavy atom. The maximum absolute atomic E-state index is 13.7. The maximum Gasteiger partial charge on any atom is 0.259 e. The number of aromatic nitrogens is 1. The topological polar surface area (TPSA) is 99.9 Å². The second-order valence-corrected chi connectivity index (χ2v) is 6.59. The molecule has 1 aliphatic heterocycles. The molecule has 1 fully saturated rings. The minimum absolute atomic E-state index is 0.0374. The third-order valence-corrected chi connectivity index (χ3v) is 4.50. The summed E-state index contributed by atoms with van der Waals surface area (Å²) in [7, 11) is 4.84. The smallest absolute Gasteiger partial charge is 0.259 e. The van der Waals surface area contributed by atoms with Crippen LogP contribution in [0.1, 0.15) is 16.8 Å². The van der Waals surface area contributed by atoms with E-state index in [1.807, 2.05) is 0 Å². The number of aliphatic hydroxyl groups excluding tert-OH is 1. The fourth-order valence-corrected chi connectivity index (χ4v) is 3.04. The second kappa shape index (κ2) is 7.93. The quantitative estimate of drug-likeness (QED) is 0.714. The zero-order valence-corrected chi connectivity index (χ0v) is 15.5. The van der Waals surface area contributed by atoms with Crippen molar-refractivity contribution in [3.63, 3.8) is 0 Å². The molecule has 0 aliphatic carbocycles. The number of nitrogens with zero attached hydrogens (tertiary/aromatic N) is 2. The van der Waals surface area contributed by atoms with Crippen LogP contribution in [-0.2, 0) is 0 Å². The van der Waals surface area contributed by atoms with Crippen molar-refractivity contribution >= 4 is 11.7 Å². The van der Waals surface area contributed by atoms with E-state index in [0.29, 0.717) is 30.9 Å². The predicted octanol–water partition coefficient (Wildman–Crippen LogP) is 1.01. The number of aliphatic hydroxyl groups is 1. The van der Waals surface area contributed by atoms with Crippen LogP contribution in [0.3, 0.4) is 0 Å². The standard InChI is InChI=1S/C18H23FN4O4/c1-23(2)17-15(18(25)21-12-6-7-20-9-13(12)24)16(27-22-17)10-4-5-11(19)14(8-10)26-3/h4-5,8,12-13,20,24H,6-7,9H2,1-3H3,(H,21,25). The molecule has 1 amide bonds. The molecular weight excluding hydrogens is 355 g/mol. The number of anilines is 1. The van der Waals surface area contributed by atoms with Crippen molar-refractivity contribution < 1.29 is 23.6 Å². The Kier molecular flexibility index (Phi) is 5.62. The van der Waals surface area contributed by atoms with Crippen LogP contribution < -0.4 is 20.3 Å². The first-order valence-corrected chi connectivity index (χ1v) is 8.63. The van der Waals surface area contributed by atoms with Crippen molar-refractivity contribution in [3.8, 4) is 17.1 Å². The lowest BCUT2D eigenvalue weighted by atomic mass is 10.0. The Labute approximate surface area is 156 Å². The first-order valence-electron chi connectivity index (χ1n) is 8.63. The fourth-order valence-electron chi connectivity index (χ4n) is 3.04. The van der Waals surface area contributed by atoms with Gasteiger partial charge >= 0.3 is 0 Å². The molecule has 146 valence electrons. The summed E-state index contributed by atoms with van der Waals surface area (Å²) in [6.45, 7) is 1.12. The fraction of sp³-hybridized carbons (Fsp3) is 0.444. The summed E-state index contributed by atoms with van der Waals surface area (Å²) in [5.74, 6) is -0.343. The number of carbonyl (C=O) groups is 1. The summed E-state index contributed by atoms with van der Waals surface area (Å²) in [6.07, 6.45) is -0.0745. The highest BCUT2D eigenvalue weighted by atomic mass is 19.1. The van der Waals surface area contributed by atoms with Crippen molar-refractivity contribution in [2.45, 2.75) is 18.6 Å². The highest BCUT2D eigenvalue weighted by molar-refractivity contribution is 6.04. The van der Waals surface area contributed by atoms with E-state index in [2.05, 4.69) is 15.8 Å². The summed E-state index contributed by atoms with van der Waals surface area (Å²) in [5.41, 5.74) is 0.684. The number of carbonyl (C=O) groups excluding carboxylic acids is 1. The van der Waals surface area contributed by atoms with Gasteiger partial charge in [0.05, 0.1) is 19.3 Å². The molecular formula is C18H23FN4O4. The van der Waals surface area contributed by atoms with Crippen molar-refractivity contribution in [2.75, 3.05) is 39.2 Å². The minimum Gasteiger partial charge on any atom is -0.494 e. The number of amides is 1. The van der Waals surface area contributed by atoms with Crippen LogP contribution in [0.25, 0.3) is 11.3 Å². The van der Waals surface area contributed by atoms with Gasteiger partial charge in [-0.3, -0.25) is 4.79 Å². The number of hydrogen-bond acceptors (Lipinski definition) is 7. The van der Waals surface area contributed by atoms with E-state index in [1.54, 1.807) is 19.0 Å². The molecule has 3 rings (SSSR count). The molecule has 2 atom stereocenters. The molecule has 3 N–H and O–H groups in total. The number of hydrogen-bond donors (Lipinski definition) is 3. The Hall–Kier alpha value is -2.65. The Morgan fingerprint density at radius 3 is 2.93 bits per heavy atom. The number of β-amino-alcohol motifs (C(OH)–C–C–N with tert-alkyl or cyclic N) is 1. The molecule has 1 aromatic heterocycles. The summed E-state index contributed by atoms with van der Waals surface area (Å²) in [4.78, 5) is 14.6.